The van der Waals surface area contributed by atoms with Crippen LogP contribution in [0, 0.1) is 5.92 Å². The molecule has 0 aliphatic rings. The van der Waals surface area contributed by atoms with Gasteiger partial charge in [-0.3, -0.25) is 4.79 Å². The van der Waals surface area contributed by atoms with Gasteiger partial charge in [0.1, 0.15) is 5.75 Å². The summed E-state index contributed by atoms with van der Waals surface area (Å²) in [4.78, 5) is 11.2. The van der Waals surface area contributed by atoms with Crippen LogP contribution in [0.2, 0.25) is 5.02 Å². The normalized spacial score (nSPS) is 12.7. The third kappa shape index (κ3) is 3.61. The molecule has 0 bridgehead atoms. The molecule has 17 heavy (non-hydrogen) atoms. The first-order chi connectivity index (χ1) is 7.93. The summed E-state index contributed by atoms with van der Waals surface area (Å²) in [6.45, 7) is 4.10. The van der Waals surface area contributed by atoms with Crippen LogP contribution in [0.1, 0.15) is 19.4 Å². The molecule has 0 aliphatic heterocycles. The van der Waals surface area contributed by atoms with Crippen molar-refractivity contribution < 1.29 is 9.90 Å². The van der Waals surface area contributed by atoms with E-state index < -0.39 is 11.9 Å². The number of halogens is 1. The Bertz CT molecular complexity index is 387. The number of primary amides is 1. The van der Waals surface area contributed by atoms with Gasteiger partial charge in [-0.05, 0) is 18.1 Å². The highest BCUT2D eigenvalue weighted by Gasteiger charge is 2.19. The Hall–Kier alpha value is -1.26. The number of phenolic OH excluding ortho intramolecular Hbond substituents is 1. The number of aromatic hydroxyl groups is 1. The second-order valence-corrected chi connectivity index (χ2v) is 4.65. The molecule has 0 saturated carbocycles. The molecule has 5 heteroatoms. The maximum atomic E-state index is 11.2. The van der Waals surface area contributed by atoms with Crippen molar-refractivity contribution in [2.24, 2.45) is 11.7 Å². The van der Waals surface area contributed by atoms with E-state index in [1.165, 1.54) is 0 Å². The third-order valence-electron chi connectivity index (χ3n) is 2.57. The van der Waals surface area contributed by atoms with Gasteiger partial charge in [-0.1, -0.05) is 31.5 Å². The molecule has 0 heterocycles. The smallest absolute Gasteiger partial charge is 0.234 e. The molecule has 1 unspecified atom stereocenters. The fourth-order valence-electron chi connectivity index (χ4n) is 1.60. The summed E-state index contributed by atoms with van der Waals surface area (Å²) in [7, 11) is 0. The van der Waals surface area contributed by atoms with Crippen LogP contribution in [-0.4, -0.2) is 17.1 Å². The molecule has 0 saturated heterocycles. The second-order valence-electron chi connectivity index (χ2n) is 4.24. The van der Waals surface area contributed by atoms with E-state index >= 15 is 0 Å². The predicted octanol–water partition coefficient (Wildman–Crippen LogP) is 1.65. The van der Waals surface area contributed by atoms with Crippen molar-refractivity contribution in [2.45, 2.75) is 26.4 Å². The summed E-state index contributed by atoms with van der Waals surface area (Å²) >= 11 is 5.96. The van der Waals surface area contributed by atoms with Gasteiger partial charge in [0.25, 0.3) is 0 Å². The van der Waals surface area contributed by atoms with E-state index in [1.54, 1.807) is 18.2 Å². The third-order valence-corrected chi connectivity index (χ3v) is 2.92. The van der Waals surface area contributed by atoms with Gasteiger partial charge in [0.05, 0.1) is 6.04 Å². The number of hydrogen-bond acceptors (Lipinski definition) is 3. The van der Waals surface area contributed by atoms with Crippen LogP contribution < -0.4 is 11.1 Å². The van der Waals surface area contributed by atoms with Crippen LogP contribution in [0.25, 0.3) is 0 Å². The molecular weight excluding hydrogens is 240 g/mol. The maximum absolute atomic E-state index is 11.2. The highest BCUT2D eigenvalue weighted by Crippen LogP contribution is 2.25. The van der Waals surface area contributed by atoms with Gasteiger partial charge in [0.15, 0.2) is 0 Å². The molecule has 1 atom stereocenters. The van der Waals surface area contributed by atoms with Crippen LogP contribution in [0.4, 0.5) is 0 Å². The van der Waals surface area contributed by atoms with E-state index in [9.17, 15) is 9.90 Å². The lowest BCUT2D eigenvalue weighted by atomic mass is 10.0. The molecule has 1 amide bonds. The first-order valence-electron chi connectivity index (χ1n) is 5.42. The Morgan fingerprint density at radius 1 is 1.53 bits per heavy atom. The van der Waals surface area contributed by atoms with Crippen LogP contribution in [0.15, 0.2) is 18.2 Å². The number of phenols is 1. The summed E-state index contributed by atoms with van der Waals surface area (Å²) in [6, 6.07) is 4.46. The Morgan fingerprint density at radius 2 is 2.18 bits per heavy atom. The fourth-order valence-corrected chi connectivity index (χ4v) is 1.84. The standard InChI is InChI=1S/C12H17ClN2O2/c1-7(2)11(12(14)17)15-6-8-9(13)4-3-5-10(8)16/h3-5,7,11,15-16H,6H2,1-2H3,(H2,14,17). The summed E-state index contributed by atoms with van der Waals surface area (Å²) < 4.78 is 0. The van der Waals surface area contributed by atoms with Crippen molar-refractivity contribution >= 4 is 17.5 Å². The Morgan fingerprint density at radius 3 is 2.65 bits per heavy atom. The molecule has 4 nitrogen and oxygen atoms in total. The lowest BCUT2D eigenvalue weighted by molar-refractivity contribution is -0.121. The maximum Gasteiger partial charge on any atom is 0.234 e. The number of amides is 1. The average Bonchev–Trinajstić information content (AvgIpc) is 2.21. The topological polar surface area (TPSA) is 75.3 Å². The molecule has 0 radical (unpaired) electrons. The van der Waals surface area contributed by atoms with Crippen molar-refractivity contribution in [1.82, 2.24) is 5.32 Å². The number of rotatable bonds is 5. The average molecular weight is 257 g/mol. The van der Waals surface area contributed by atoms with Crippen LogP contribution in [0.5, 0.6) is 5.75 Å². The van der Waals surface area contributed by atoms with Crippen molar-refractivity contribution in [2.75, 3.05) is 0 Å². The van der Waals surface area contributed by atoms with Gasteiger partial charge in [0.2, 0.25) is 5.91 Å². The minimum atomic E-state index is -0.439. The van der Waals surface area contributed by atoms with E-state index in [0.29, 0.717) is 17.1 Å². The number of hydrogen-bond donors (Lipinski definition) is 3. The minimum Gasteiger partial charge on any atom is -0.508 e. The van der Waals surface area contributed by atoms with Crippen LogP contribution in [-0.2, 0) is 11.3 Å². The predicted molar refractivity (Wildman–Crippen MR) is 67.8 cm³/mol. The zero-order valence-electron chi connectivity index (χ0n) is 9.90. The van der Waals surface area contributed by atoms with Gasteiger partial charge in [0, 0.05) is 17.1 Å². The van der Waals surface area contributed by atoms with Gasteiger partial charge >= 0.3 is 0 Å². The molecule has 0 fully saturated rings. The molecular formula is C12H17ClN2O2. The SMILES string of the molecule is CC(C)C(NCc1c(O)cccc1Cl)C(N)=O. The lowest BCUT2D eigenvalue weighted by Gasteiger charge is -2.19. The quantitative estimate of drug-likeness (QED) is 0.750. The molecule has 1 rings (SSSR count). The van der Waals surface area contributed by atoms with Crippen LogP contribution in [0.3, 0.4) is 0 Å². The first kappa shape index (κ1) is 13.8. The van der Waals surface area contributed by atoms with Crippen molar-refractivity contribution in [1.29, 1.82) is 0 Å². The number of nitrogens with two attached hydrogens (primary N) is 1. The second kappa shape index (κ2) is 5.89. The van der Waals surface area contributed by atoms with Crippen molar-refractivity contribution in [3.8, 4) is 5.75 Å². The van der Waals surface area contributed by atoms with E-state index in [0.717, 1.165) is 0 Å². The summed E-state index contributed by atoms with van der Waals surface area (Å²) in [5.41, 5.74) is 5.85. The molecule has 94 valence electrons. The summed E-state index contributed by atoms with van der Waals surface area (Å²) in [6.07, 6.45) is 0. The number of benzene rings is 1. The molecule has 4 N–H and O–H groups in total. The van der Waals surface area contributed by atoms with Gasteiger partial charge < -0.3 is 16.2 Å². The molecule has 1 aromatic rings. The molecule has 0 spiro atoms. The monoisotopic (exact) mass is 256 g/mol. The lowest BCUT2D eigenvalue weighted by Crippen LogP contribution is -2.44. The largest absolute Gasteiger partial charge is 0.508 e. The van der Waals surface area contributed by atoms with E-state index in [4.69, 9.17) is 17.3 Å². The zero-order chi connectivity index (χ0) is 13.0. The molecule has 0 aliphatic carbocycles. The molecule has 0 aromatic heterocycles. The van der Waals surface area contributed by atoms with E-state index in [2.05, 4.69) is 5.32 Å². The minimum absolute atomic E-state index is 0.0807. The van der Waals surface area contributed by atoms with Gasteiger partial charge in [-0.15, -0.1) is 0 Å². The van der Waals surface area contributed by atoms with Crippen molar-refractivity contribution in [3.63, 3.8) is 0 Å². The van der Waals surface area contributed by atoms with Crippen LogP contribution >= 0.6 is 11.6 Å². The Kier molecular flexibility index (Phi) is 4.78. The van der Waals surface area contributed by atoms with Crippen molar-refractivity contribution in [3.05, 3.63) is 28.8 Å². The Balaban J connectivity index is 2.75. The van der Waals surface area contributed by atoms with Gasteiger partial charge in [-0.25, -0.2) is 0 Å². The highest BCUT2D eigenvalue weighted by atomic mass is 35.5. The van der Waals surface area contributed by atoms with Gasteiger partial charge in [-0.2, -0.15) is 0 Å². The summed E-state index contributed by atoms with van der Waals surface area (Å²) in [5, 5.41) is 13.1. The zero-order valence-corrected chi connectivity index (χ0v) is 10.7. The number of nitrogens with one attached hydrogen (secondary N) is 1. The first-order valence-corrected chi connectivity index (χ1v) is 5.80. The fraction of sp³-hybridized carbons (Fsp3) is 0.417. The number of carbonyl (C=O) groups excluding carboxylic acids is 1. The Labute approximate surface area is 106 Å². The van der Waals surface area contributed by atoms with E-state index in [1.807, 2.05) is 13.8 Å². The molecule has 1 aromatic carbocycles. The highest BCUT2D eigenvalue weighted by molar-refractivity contribution is 6.31. The van der Waals surface area contributed by atoms with E-state index in [-0.39, 0.29) is 11.7 Å². The number of carbonyl (C=O) groups is 1. The summed E-state index contributed by atoms with van der Waals surface area (Å²) in [5.74, 6) is -0.222.